The Bertz CT molecular complexity index is 379. The van der Waals surface area contributed by atoms with Crippen molar-refractivity contribution in [3.8, 4) is 11.5 Å². The van der Waals surface area contributed by atoms with E-state index in [9.17, 15) is 0 Å². The molecule has 18 heavy (non-hydrogen) atoms. The number of hydrogen-bond acceptors (Lipinski definition) is 3. The Morgan fingerprint density at radius 2 is 1.78 bits per heavy atom. The molecule has 0 fully saturated rings. The van der Waals surface area contributed by atoms with Crippen molar-refractivity contribution in [2.45, 2.75) is 25.8 Å². The molecule has 0 spiro atoms. The molecule has 0 amide bonds. The van der Waals surface area contributed by atoms with Crippen LogP contribution in [0.5, 0.6) is 11.5 Å². The maximum Gasteiger partial charge on any atom is 0.122 e. The van der Waals surface area contributed by atoms with Crippen molar-refractivity contribution >= 4 is 0 Å². The highest BCUT2D eigenvalue weighted by Gasteiger charge is 2.13. The van der Waals surface area contributed by atoms with Crippen LogP contribution in [0.4, 0.5) is 0 Å². The lowest BCUT2D eigenvalue weighted by Gasteiger charge is -2.19. The van der Waals surface area contributed by atoms with Crippen LogP contribution in [0.2, 0.25) is 0 Å². The fourth-order valence-corrected chi connectivity index (χ4v) is 1.85. The van der Waals surface area contributed by atoms with E-state index in [1.54, 1.807) is 14.2 Å². The summed E-state index contributed by atoms with van der Waals surface area (Å²) in [7, 11) is 5.29. The number of hydrogen-bond donors (Lipinski definition) is 1. The molecule has 0 radical (unpaired) electrons. The van der Waals surface area contributed by atoms with Crippen LogP contribution >= 0.6 is 0 Å². The Labute approximate surface area is 110 Å². The average Bonchev–Trinajstić information content (AvgIpc) is 2.43. The summed E-state index contributed by atoms with van der Waals surface area (Å²) in [6.07, 6.45) is 1.92. The summed E-state index contributed by atoms with van der Waals surface area (Å²) in [6, 6.07) is 6.19. The molecule has 1 aromatic rings. The predicted octanol–water partition coefficient (Wildman–Crippen LogP) is 3.32. The van der Waals surface area contributed by atoms with Crippen molar-refractivity contribution in [2.75, 3.05) is 21.3 Å². The number of benzene rings is 1. The molecular weight excluding hydrogens is 226 g/mol. The van der Waals surface area contributed by atoms with E-state index in [1.165, 1.54) is 5.57 Å². The summed E-state index contributed by atoms with van der Waals surface area (Å²) in [6.45, 7) is 6.20. The van der Waals surface area contributed by atoms with Gasteiger partial charge in [-0.05, 0) is 37.6 Å². The third kappa shape index (κ3) is 3.77. The van der Waals surface area contributed by atoms with E-state index in [0.717, 1.165) is 29.9 Å². The molecule has 1 rings (SSSR count). The second-order valence-electron chi connectivity index (χ2n) is 4.29. The highest BCUT2D eigenvalue weighted by atomic mass is 16.5. The number of rotatable bonds is 7. The molecule has 1 aromatic carbocycles. The Kier molecular flexibility index (Phi) is 5.72. The van der Waals surface area contributed by atoms with Gasteiger partial charge in [-0.2, -0.15) is 0 Å². The van der Waals surface area contributed by atoms with Gasteiger partial charge in [0, 0.05) is 12.1 Å². The van der Waals surface area contributed by atoms with Gasteiger partial charge >= 0.3 is 0 Å². The van der Waals surface area contributed by atoms with Crippen LogP contribution in [0.3, 0.4) is 0 Å². The van der Waals surface area contributed by atoms with Crippen LogP contribution in [-0.2, 0) is 0 Å². The van der Waals surface area contributed by atoms with E-state index in [2.05, 4.69) is 18.8 Å². The van der Waals surface area contributed by atoms with E-state index in [0.29, 0.717) is 0 Å². The zero-order valence-corrected chi connectivity index (χ0v) is 11.7. The Morgan fingerprint density at radius 3 is 2.17 bits per heavy atom. The quantitative estimate of drug-likeness (QED) is 0.752. The minimum atomic E-state index is 0.237. The summed E-state index contributed by atoms with van der Waals surface area (Å²) in [5.41, 5.74) is 2.39. The molecule has 3 nitrogen and oxygen atoms in total. The van der Waals surface area contributed by atoms with Gasteiger partial charge in [-0.3, -0.25) is 0 Å². The predicted molar refractivity (Wildman–Crippen MR) is 75.4 cm³/mol. The monoisotopic (exact) mass is 249 g/mol. The molecule has 0 bridgehead atoms. The summed E-state index contributed by atoms with van der Waals surface area (Å²) < 4.78 is 10.6. The minimum absolute atomic E-state index is 0.237. The van der Waals surface area contributed by atoms with E-state index in [-0.39, 0.29) is 6.04 Å². The van der Waals surface area contributed by atoms with Crippen LogP contribution < -0.4 is 14.8 Å². The molecule has 3 heteroatoms. The largest absolute Gasteiger partial charge is 0.497 e. The first kappa shape index (κ1) is 14.6. The number of ether oxygens (including phenoxy) is 2. The van der Waals surface area contributed by atoms with Crippen LogP contribution in [0.15, 0.2) is 30.4 Å². The van der Waals surface area contributed by atoms with Gasteiger partial charge in [-0.15, -0.1) is 0 Å². The lowest BCUT2D eigenvalue weighted by molar-refractivity contribution is 0.391. The molecule has 1 N–H and O–H groups in total. The molecule has 0 saturated carbocycles. The molecule has 0 aliphatic heterocycles. The molecule has 1 unspecified atom stereocenters. The summed E-state index contributed by atoms with van der Waals surface area (Å²) in [5, 5.41) is 3.31. The van der Waals surface area contributed by atoms with E-state index in [1.807, 2.05) is 25.2 Å². The van der Waals surface area contributed by atoms with Crippen LogP contribution in [-0.4, -0.2) is 21.3 Å². The smallest absolute Gasteiger partial charge is 0.122 e. The fourth-order valence-electron chi connectivity index (χ4n) is 1.85. The summed E-state index contributed by atoms with van der Waals surface area (Å²) in [5.74, 6) is 1.62. The van der Waals surface area contributed by atoms with Crippen LogP contribution in [0.25, 0.3) is 0 Å². The highest BCUT2D eigenvalue weighted by Crippen LogP contribution is 2.29. The van der Waals surface area contributed by atoms with Gasteiger partial charge in [0.15, 0.2) is 0 Å². The molecule has 100 valence electrons. The second-order valence-corrected chi connectivity index (χ2v) is 4.29. The van der Waals surface area contributed by atoms with Gasteiger partial charge in [0.05, 0.1) is 14.2 Å². The van der Waals surface area contributed by atoms with Crippen molar-refractivity contribution < 1.29 is 9.47 Å². The van der Waals surface area contributed by atoms with Crippen LogP contribution in [0.1, 0.15) is 31.4 Å². The first-order chi connectivity index (χ1) is 8.64. The van der Waals surface area contributed by atoms with Gasteiger partial charge < -0.3 is 14.8 Å². The SMILES string of the molecule is C=C(CC)CC(NC)c1cc(OC)cc(OC)c1. The molecule has 0 saturated heterocycles. The third-order valence-corrected chi connectivity index (χ3v) is 3.12. The Morgan fingerprint density at radius 1 is 1.22 bits per heavy atom. The molecular formula is C15H23NO2. The van der Waals surface area contributed by atoms with Crippen molar-refractivity contribution in [3.05, 3.63) is 35.9 Å². The zero-order valence-electron chi connectivity index (χ0n) is 11.7. The van der Waals surface area contributed by atoms with Gasteiger partial charge in [-0.25, -0.2) is 0 Å². The van der Waals surface area contributed by atoms with Crippen molar-refractivity contribution in [3.63, 3.8) is 0 Å². The molecule has 0 aliphatic rings. The van der Waals surface area contributed by atoms with Gasteiger partial charge in [0.1, 0.15) is 11.5 Å². The molecule has 0 heterocycles. The Balaban J connectivity index is 3.00. The van der Waals surface area contributed by atoms with Crippen molar-refractivity contribution in [1.82, 2.24) is 5.32 Å². The van der Waals surface area contributed by atoms with Crippen molar-refractivity contribution in [2.24, 2.45) is 0 Å². The lowest BCUT2D eigenvalue weighted by Crippen LogP contribution is -2.17. The number of methoxy groups -OCH3 is 2. The standard InChI is InChI=1S/C15H23NO2/c1-6-11(2)7-15(16-3)12-8-13(17-4)10-14(9-12)18-5/h8-10,15-16H,2,6-7H2,1,3-5H3. The maximum atomic E-state index is 5.29. The summed E-state index contributed by atoms with van der Waals surface area (Å²) >= 11 is 0. The van der Waals surface area contributed by atoms with Gasteiger partial charge in [0.2, 0.25) is 0 Å². The molecule has 0 aliphatic carbocycles. The van der Waals surface area contributed by atoms with Gasteiger partial charge in [-0.1, -0.05) is 19.1 Å². The average molecular weight is 249 g/mol. The first-order valence-corrected chi connectivity index (χ1v) is 6.21. The van der Waals surface area contributed by atoms with E-state index < -0.39 is 0 Å². The summed E-state index contributed by atoms with van der Waals surface area (Å²) in [4.78, 5) is 0. The Hall–Kier alpha value is -1.48. The van der Waals surface area contributed by atoms with E-state index >= 15 is 0 Å². The second kappa shape index (κ2) is 7.07. The van der Waals surface area contributed by atoms with E-state index in [4.69, 9.17) is 9.47 Å². The third-order valence-electron chi connectivity index (χ3n) is 3.12. The maximum absolute atomic E-state index is 5.29. The zero-order chi connectivity index (χ0) is 13.5. The topological polar surface area (TPSA) is 30.5 Å². The fraction of sp³-hybridized carbons (Fsp3) is 0.467. The highest BCUT2D eigenvalue weighted by molar-refractivity contribution is 5.40. The first-order valence-electron chi connectivity index (χ1n) is 6.21. The minimum Gasteiger partial charge on any atom is -0.497 e. The van der Waals surface area contributed by atoms with Crippen LogP contribution in [0, 0.1) is 0 Å². The lowest BCUT2D eigenvalue weighted by atomic mass is 9.98. The van der Waals surface area contributed by atoms with Crippen molar-refractivity contribution in [1.29, 1.82) is 0 Å². The number of nitrogens with one attached hydrogen (secondary N) is 1. The molecule has 0 aromatic heterocycles. The van der Waals surface area contributed by atoms with Gasteiger partial charge in [0.25, 0.3) is 0 Å². The normalized spacial score (nSPS) is 12.0. The molecule has 1 atom stereocenters.